The zero-order valence-corrected chi connectivity index (χ0v) is 14.9. The van der Waals surface area contributed by atoms with Crippen molar-refractivity contribution < 1.29 is 9.59 Å². The lowest BCUT2D eigenvalue weighted by molar-refractivity contribution is -0.116. The first-order valence-electron chi connectivity index (χ1n) is 7.05. The first-order chi connectivity index (χ1) is 11.0. The third kappa shape index (κ3) is 5.37. The fraction of sp³-hybridized carbons (Fsp3) is 0.176. The topological polar surface area (TPSA) is 58.2 Å². The Morgan fingerprint density at radius 1 is 1.13 bits per heavy atom. The van der Waals surface area contributed by atoms with Gasteiger partial charge in [0.1, 0.15) is 0 Å². The van der Waals surface area contributed by atoms with Crippen LogP contribution in [0.25, 0.3) is 0 Å². The number of carbonyl (C=O) groups excluding carboxylic acids is 2. The van der Waals surface area contributed by atoms with Gasteiger partial charge >= 0.3 is 0 Å². The average molecular weight is 396 g/mol. The van der Waals surface area contributed by atoms with Gasteiger partial charge in [-0.1, -0.05) is 27.5 Å². The second kappa shape index (κ2) is 8.13. The van der Waals surface area contributed by atoms with Gasteiger partial charge in [-0.3, -0.25) is 9.59 Å². The third-order valence-corrected chi connectivity index (χ3v) is 3.95. The number of anilines is 1. The maximum absolute atomic E-state index is 11.9. The second-order valence-corrected chi connectivity index (χ2v) is 6.37. The summed E-state index contributed by atoms with van der Waals surface area (Å²) in [6.07, 6.45) is 0.203. The van der Waals surface area contributed by atoms with Crippen LogP contribution in [0.5, 0.6) is 0 Å². The first kappa shape index (κ1) is 17.5. The fourth-order valence-corrected chi connectivity index (χ4v) is 2.57. The van der Waals surface area contributed by atoms with Crippen molar-refractivity contribution in [3.8, 4) is 0 Å². The molecule has 0 radical (unpaired) electrons. The van der Waals surface area contributed by atoms with Crippen LogP contribution >= 0.6 is 27.5 Å². The number of benzene rings is 2. The van der Waals surface area contributed by atoms with E-state index in [9.17, 15) is 9.59 Å². The van der Waals surface area contributed by atoms with Gasteiger partial charge in [0.2, 0.25) is 5.91 Å². The van der Waals surface area contributed by atoms with Gasteiger partial charge in [-0.15, -0.1) is 0 Å². The minimum Gasteiger partial charge on any atom is -0.352 e. The monoisotopic (exact) mass is 394 g/mol. The molecule has 4 nitrogen and oxygen atoms in total. The molecule has 6 heteroatoms. The van der Waals surface area contributed by atoms with E-state index in [4.69, 9.17) is 11.6 Å². The van der Waals surface area contributed by atoms with E-state index in [1.165, 1.54) is 0 Å². The molecule has 0 fully saturated rings. The van der Waals surface area contributed by atoms with Crippen molar-refractivity contribution in [2.75, 3.05) is 11.9 Å². The summed E-state index contributed by atoms with van der Waals surface area (Å²) in [5.41, 5.74) is 2.25. The number of carbonyl (C=O) groups is 2. The Morgan fingerprint density at radius 3 is 2.48 bits per heavy atom. The number of hydrogen-bond acceptors (Lipinski definition) is 2. The molecular weight excluding hydrogens is 380 g/mol. The van der Waals surface area contributed by atoms with E-state index in [-0.39, 0.29) is 24.8 Å². The summed E-state index contributed by atoms with van der Waals surface area (Å²) in [5, 5.41) is 6.11. The summed E-state index contributed by atoms with van der Waals surface area (Å²) in [6, 6.07) is 12.2. The normalized spacial score (nSPS) is 10.2. The number of hydrogen-bond donors (Lipinski definition) is 2. The molecule has 0 aliphatic rings. The molecule has 0 spiro atoms. The van der Waals surface area contributed by atoms with Crippen molar-refractivity contribution in [1.29, 1.82) is 0 Å². The standard InChI is InChI=1S/C17H16BrClN2O2/c1-11-10-13(18)4-7-15(11)21-16(22)8-9-20-17(23)12-2-5-14(19)6-3-12/h2-7,10H,8-9H2,1H3,(H,20,23)(H,21,22). The lowest BCUT2D eigenvalue weighted by atomic mass is 10.2. The number of amides is 2. The van der Waals surface area contributed by atoms with Gasteiger partial charge in [-0.2, -0.15) is 0 Å². The highest BCUT2D eigenvalue weighted by Crippen LogP contribution is 2.20. The molecule has 2 amide bonds. The molecule has 2 rings (SSSR count). The maximum Gasteiger partial charge on any atom is 0.251 e. The summed E-state index contributed by atoms with van der Waals surface area (Å²) < 4.78 is 0.961. The Labute approximate surface area is 148 Å². The smallest absolute Gasteiger partial charge is 0.251 e. The van der Waals surface area contributed by atoms with Crippen LogP contribution in [-0.4, -0.2) is 18.4 Å². The maximum atomic E-state index is 11.9. The van der Waals surface area contributed by atoms with E-state index < -0.39 is 0 Å². The van der Waals surface area contributed by atoms with Crippen molar-refractivity contribution in [2.45, 2.75) is 13.3 Å². The van der Waals surface area contributed by atoms with Crippen LogP contribution in [0.2, 0.25) is 5.02 Å². The molecule has 0 aliphatic heterocycles. The van der Waals surface area contributed by atoms with E-state index >= 15 is 0 Å². The Kier molecular flexibility index (Phi) is 6.19. The molecule has 0 aromatic heterocycles. The van der Waals surface area contributed by atoms with E-state index in [1.54, 1.807) is 24.3 Å². The minimum atomic E-state index is -0.228. The van der Waals surface area contributed by atoms with Gasteiger partial charge in [0.05, 0.1) is 0 Å². The summed E-state index contributed by atoms with van der Waals surface area (Å²) in [5.74, 6) is -0.374. The van der Waals surface area contributed by atoms with Crippen LogP contribution in [0.15, 0.2) is 46.9 Å². The molecule has 0 aliphatic carbocycles. The van der Waals surface area contributed by atoms with Crippen LogP contribution in [0.4, 0.5) is 5.69 Å². The van der Waals surface area contributed by atoms with Crippen molar-refractivity contribution in [2.24, 2.45) is 0 Å². The lowest BCUT2D eigenvalue weighted by Gasteiger charge is -2.09. The van der Waals surface area contributed by atoms with Gasteiger partial charge in [0, 0.05) is 33.7 Å². The van der Waals surface area contributed by atoms with Gasteiger partial charge in [0.15, 0.2) is 0 Å². The summed E-state index contributed by atoms with van der Waals surface area (Å²) in [4.78, 5) is 23.8. The van der Waals surface area contributed by atoms with Crippen LogP contribution in [0, 0.1) is 6.92 Å². The van der Waals surface area contributed by atoms with Crippen molar-refractivity contribution >= 4 is 45.0 Å². The highest BCUT2D eigenvalue weighted by Gasteiger charge is 2.08. The third-order valence-electron chi connectivity index (χ3n) is 3.21. The molecule has 0 saturated carbocycles. The second-order valence-electron chi connectivity index (χ2n) is 5.02. The number of rotatable bonds is 5. The van der Waals surface area contributed by atoms with Crippen molar-refractivity contribution in [3.05, 3.63) is 63.1 Å². The van der Waals surface area contributed by atoms with Gasteiger partial charge in [-0.25, -0.2) is 0 Å². The van der Waals surface area contributed by atoms with Gasteiger partial charge < -0.3 is 10.6 Å². The minimum absolute atomic E-state index is 0.146. The number of halogens is 2. The van der Waals surface area contributed by atoms with Crippen LogP contribution in [0.3, 0.4) is 0 Å². The summed E-state index contributed by atoms with van der Waals surface area (Å²) in [7, 11) is 0. The Hall–Kier alpha value is -1.85. The Balaban J connectivity index is 1.80. The van der Waals surface area contributed by atoms with E-state index in [0.29, 0.717) is 10.6 Å². The molecule has 23 heavy (non-hydrogen) atoms. The van der Waals surface area contributed by atoms with E-state index in [2.05, 4.69) is 26.6 Å². The molecule has 2 N–H and O–H groups in total. The zero-order valence-electron chi connectivity index (χ0n) is 12.5. The molecule has 0 heterocycles. The number of aryl methyl sites for hydroxylation is 1. The quantitative estimate of drug-likeness (QED) is 0.798. The molecule has 0 saturated heterocycles. The van der Waals surface area contributed by atoms with Crippen LogP contribution in [-0.2, 0) is 4.79 Å². The van der Waals surface area contributed by atoms with Crippen molar-refractivity contribution in [1.82, 2.24) is 5.32 Å². The molecular formula is C17H16BrClN2O2. The first-order valence-corrected chi connectivity index (χ1v) is 8.22. The Morgan fingerprint density at radius 2 is 1.83 bits per heavy atom. The average Bonchev–Trinajstić information content (AvgIpc) is 2.50. The zero-order chi connectivity index (χ0) is 16.8. The molecule has 0 bridgehead atoms. The highest BCUT2D eigenvalue weighted by molar-refractivity contribution is 9.10. The summed E-state index contributed by atoms with van der Waals surface area (Å²) >= 11 is 9.15. The van der Waals surface area contributed by atoms with Crippen molar-refractivity contribution in [3.63, 3.8) is 0 Å². The van der Waals surface area contributed by atoms with Gasteiger partial charge in [-0.05, 0) is 55.0 Å². The largest absolute Gasteiger partial charge is 0.352 e. The molecule has 0 atom stereocenters. The van der Waals surface area contributed by atoms with Gasteiger partial charge in [0.25, 0.3) is 5.91 Å². The van der Waals surface area contributed by atoms with E-state index in [1.807, 2.05) is 25.1 Å². The predicted octanol–water partition coefficient (Wildman–Crippen LogP) is 4.17. The molecule has 0 unspecified atom stereocenters. The molecule has 120 valence electrons. The number of nitrogens with one attached hydrogen (secondary N) is 2. The fourth-order valence-electron chi connectivity index (χ4n) is 1.97. The highest BCUT2D eigenvalue weighted by atomic mass is 79.9. The SMILES string of the molecule is Cc1cc(Br)ccc1NC(=O)CCNC(=O)c1ccc(Cl)cc1. The predicted molar refractivity (Wildman–Crippen MR) is 95.9 cm³/mol. The summed E-state index contributed by atoms with van der Waals surface area (Å²) in [6.45, 7) is 2.19. The molecule has 2 aromatic rings. The van der Waals surface area contributed by atoms with E-state index in [0.717, 1.165) is 15.7 Å². The Bertz CT molecular complexity index is 717. The van der Waals surface area contributed by atoms with Crippen LogP contribution < -0.4 is 10.6 Å². The lowest BCUT2D eigenvalue weighted by Crippen LogP contribution is -2.27. The molecule has 2 aromatic carbocycles. The van der Waals surface area contributed by atoms with Crippen LogP contribution in [0.1, 0.15) is 22.3 Å².